The van der Waals surface area contributed by atoms with Crippen molar-refractivity contribution in [2.24, 2.45) is 10.7 Å². The van der Waals surface area contributed by atoms with Crippen molar-refractivity contribution in [1.29, 1.82) is 0 Å². The summed E-state index contributed by atoms with van der Waals surface area (Å²) in [7, 11) is 0. The molecule has 0 aromatic heterocycles. The molecule has 0 saturated carbocycles. The third-order valence-electron chi connectivity index (χ3n) is 2.74. The minimum Gasteiger partial charge on any atom is -0.406 e. The smallest absolute Gasteiger partial charge is 0.406 e. The highest BCUT2D eigenvalue weighted by Crippen LogP contribution is 2.23. The third-order valence-corrected chi connectivity index (χ3v) is 3.11. The molecule has 2 aromatic rings. The Hall–Kier alpha value is -2.41. The minimum atomic E-state index is -4.72. The summed E-state index contributed by atoms with van der Waals surface area (Å²) in [5, 5.41) is 3.35. The molecule has 0 radical (unpaired) electrons. The molecule has 0 spiro atoms. The second kappa shape index (κ2) is 7.23. The average Bonchev–Trinajstić information content (AvgIpc) is 2.47. The Balaban J connectivity index is 1.96. The van der Waals surface area contributed by atoms with Gasteiger partial charge in [-0.15, -0.1) is 13.2 Å². The normalized spacial score (nSPS) is 12.1. The number of halogens is 4. The highest BCUT2D eigenvalue weighted by Gasteiger charge is 2.30. The van der Waals surface area contributed by atoms with Crippen molar-refractivity contribution in [3.05, 3.63) is 59.1 Å². The number of benzene rings is 2. The standard InChI is InChI=1S/C15H13ClF3N3O/c16-13-4-2-1-3-10(13)9-21-14(20)22-11-5-7-12(8-6-11)23-15(17,18)19/h1-8H,9H2,(H3,20,21,22). The zero-order chi connectivity index (χ0) is 16.9. The number of hydrogen-bond donors (Lipinski definition) is 2. The summed E-state index contributed by atoms with van der Waals surface area (Å²) in [5.41, 5.74) is 7.03. The first-order chi connectivity index (χ1) is 10.8. The number of nitrogens with zero attached hydrogens (tertiary/aromatic N) is 1. The summed E-state index contributed by atoms with van der Waals surface area (Å²) in [5.74, 6) is -0.191. The lowest BCUT2D eigenvalue weighted by molar-refractivity contribution is -0.274. The summed E-state index contributed by atoms with van der Waals surface area (Å²) in [4.78, 5) is 4.12. The Bertz CT molecular complexity index is 687. The SMILES string of the molecule is NC(=NCc1ccccc1Cl)Nc1ccc(OC(F)(F)F)cc1. The van der Waals surface area contributed by atoms with Crippen LogP contribution in [0.3, 0.4) is 0 Å². The van der Waals surface area contributed by atoms with Crippen molar-refractivity contribution in [3.63, 3.8) is 0 Å². The van der Waals surface area contributed by atoms with Crippen LogP contribution in [0.2, 0.25) is 5.02 Å². The second-order valence-electron chi connectivity index (χ2n) is 4.49. The van der Waals surface area contributed by atoms with Crippen LogP contribution in [0.5, 0.6) is 5.75 Å². The van der Waals surface area contributed by atoms with E-state index in [0.29, 0.717) is 10.7 Å². The molecule has 0 bridgehead atoms. The van der Waals surface area contributed by atoms with E-state index in [2.05, 4.69) is 15.0 Å². The molecule has 0 amide bonds. The van der Waals surface area contributed by atoms with Crippen molar-refractivity contribution in [3.8, 4) is 5.75 Å². The summed E-state index contributed by atoms with van der Waals surface area (Å²) in [6.45, 7) is 0.285. The van der Waals surface area contributed by atoms with Gasteiger partial charge in [0.2, 0.25) is 0 Å². The highest BCUT2D eigenvalue weighted by molar-refractivity contribution is 6.31. The molecule has 0 aliphatic rings. The van der Waals surface area contributed by atoms with E-state index in [1.54, 1.807) is 6.07 Å². The lowest BCUT2D eigenvalue weighted by Gasteiger charge is -2.10. The van der Waals surface area contributed by atoms with Gasteiger partial charge < -0.3 is 15.8 Å². The monoisotopic (exact) mass is 343 g/mol. The zero-order valence-electron chi connectivity index (χ0n) is 11.8. The molecule has 2 rings (SSSR count). The number of alkyl halides is 3. The van der Waals surface area contributed by atoms with Crippen LogP contribution in [0.1, 0.15) is 5.56 Å². The summed E-state index contributed by atoms with van der Waals surface area (Å²) >= 11 is 6.00. The molecule has 0 saturated heterocycles. The van der Waals surface area contributed by atoms with Gasteiger partial charge in [-0.05, 0) is 35.9 Å². The summed E-state index contributed by atoms with van der Waals surface area (Å²) in [6, 6.07) is 12.4. The minimum absolute atomic E-state index is 0.120. The second-order valence-corrected chi connectivity index (χ2v) is 4.90. The van der Waals surface area contributed by atoms with E-state index in [1.807, 2.05) is 18.2 Å². The fourth-order valence-electron chi connectivity index (χ4n) is 1.72. The number of nitrogens with one attached hydrogen (secondary N) is 1. The van der Waals surface area contributed by atoms with Crippen LogP contribution < -0.4 is 15.8 Å². The van der Waals surface area contributed by atoms with E-state index in [1.165, 1.54) is 24.3 Å². The van der Waals surface area contributed by atoms with Crippen LogP contribution in [0, 0.1) is 0 Å². The summed E-state index contributed by atoms with van der Waals surface area (Å²) < 4.78 is 40.0. The number of hydrogen-bond acceptors (Lipinski definition) is 2. The van der Waals surface area contributed by atoms with Crippen LogP contribution in [0.15, 0.2) is 53.5 Å². The number of aliphatic imine (C=N–C) groups is 1. The number of rotatable bonds is 4. The number of anilines is 1. The largest absolute Gasteiger partial charge is 0.573 e. The molecule has 4 nitrogen and oxygen atoms in total. The predicted molar refractivity (Wildman–Crippen MR) is 83.5 cm³/mol. The molecule has 0 aliphatic heterocycles. The number of guanidine groups is 1. The molecule has 122 valence electrons. The van der Waals surface area contributed by atoms with Crippen LogP contribution in [-0.2, 0) is 6.54 Å². The van der Waals surface area contributed by atoms with E-state index in [0.717, 1.165) is 5.56 Å². The van der Waals surface area contributed by atoms with Crippen molar-refractivity contribution >= 4 is 23.2 Å². The lowest BCUT2D eigenvalue weighted by atomic mass is 10.2. The Kier molecular flexibility index (Phi) is 5.33. The van der Waals surface area contributed by atoms with Gasteiger partial charge >= 0.3 is 6.36 Å². The maximum Gasteiger partial charge on any atom is 0.573 e. The van der Waals surface area contributed by atoms with Gasteiger partial charge in [0.25, 0.3) is 0 Å². The molecular weight excluding hydrogens is 331 g/mol. The summed E-state index contributed by atoms with van der Waals surface area (Å²) in [6.07, 6.45) is -4.72. The number of nitrogens with two attached hydrogens (primary N) is 1. The van der Waals surface area contributed by atoms with E-state index in [4.69, 9.17) is 17.3 Å². The molecule has 0 atom stereocenters. The average molecular weight is 344 g/mol. The van der Waals surface area contributed by atoms with E-state index in [-0.39, 0.29) is 18.3 Å². The van der Waals surface area contributed by atoms with E-state index in [9.17, 15) is 13.2 Å². The molecular formula is C15H13ClF3N3O. The van der Waals surface area contributed by atoms with Crippen LogP contribution >= 0.6 is 11.6 Å². The Morgan fingerprint density at radius 1 is 1.13 bits per heavy atom. The third kappa shape index (κ3) is 5.71. The highest BCUT2D eigenvalue weighted by atomic mass is 35.5. The van der Waals surface area contributed by atoms with Gasteiger partial charge in [0.1, 0.15) is 5.75 Å². The number of ether oxygens (including phenoxy) is 1. The topological polar surface area (TPSA) is 59.6 Å². The Labute approximate surface area is 135 Å². The lowest BCUT2D eigenvalue weighted by Crippen LogP contribution is -2.22. The fourth-order valence-corrected chi connectivity index (χ4v) is 1.92. The van der Waals surface area contributed by atoms with Gasteiger partial charge in [-0.2, -0.15) is 0 Å². The van der Waals surface area contributed by atoms with Gasteiger partial charge in [0, 0.05) is 10.7 Å². The molecule has 0 fully saturated rings. The predicted octanol–water partition coefficient (Wildman–Crippen LogP) is 4.17. The quantitative estimate of drug-likeness (QED) is 0.647. The first-order valence-electron chi connectivity index (χ1n) is 6.49. The van der Waals surface area contributed by atoms with Crippen molar-refractivity contribution in [2.75, 3.05) is 5.32 Å². The van der Waals surface area contributed by atoms with E-state index < -0.39 is 6.36 Å². The maximum atomic E-state index is 12.1. The molecule has 0 heterocycles. The van der Waals surface area contributed by atoms with Crippen molar-refractivity contribution in [1.82, 2.24) is 0 Å². The zero-order valence-corrected chi connectivity index (χ0v) is 12.5. The van der Waals surface area contributed by atoms with Crippen LogP contribution in [0.25, 0.3) is 0 Å². The first-order valence-corrected chi connectivity index (χ1v) is 6.87. The van der Waals surface area contributed by atoms with E-state index >= 15 is 0 Å². The molecule has 8 heteroatoms. The molecule has 0 aliphatic carbocycles. The van der Waals surface area contributed by atoms with Gasteiger partial charge in [0.05, 0.1) is 6.54 Å². The molecule has 0 unspecified atom stereocenters. The van der Waals surface area contributed by atoms with Gasteiger partial charge in [-0.1, -0.05) is 29.8 Å². The van der Waals surface area contributed by atoms with Crippen molar-refractivity contribution < 1.29 is 17.9 Å². The van der Waals surface area contributed by atoms with Crippen LogP contribution in [0.4, 0.5) is 18.9 Å². The fraction of sp³-hybridized carbons (Fsp3) is 0.133. The van der Waals surface area contributed by atoms with Gasteiger partial charge in [0.15, 0.2) is 5.96 Å². The van der Waals surface area contributed by atoms with Gasteiger partial charge in [-0.25, -0.2) is 4.99 Å². The molecule has 3 N–H and O–H groups in total. The molecule has 23 heavy (non-hydrogen) atoms. The maximum absolute atomic E-state index is 12.1. The van der Waals surface area contributed by atoms with Crippen molar-refractivity contribution in [2.45, 2.75) is 12.9 Å². The van der Waals surface area contributed by atoms with Crippen LogP contribution in [-0.4, -0.2) is 12.3 Å². The molecule has 2 aromatic carbocycles. The Morgan fingerprint density at radius 3 is 2.39 bits per heavy atom. The van der Waals surface area contributed by atoms with Gasteiger partial charge in [-0.3, -0.25) is 0 Å². The first kappa shape index (κ1) is 17.0. The Morgan fingerprint density at radius 2 is 1.78 bits per heavy atom.